The van der Waals surface area contributed by atoms with Gasteiger partial charge < -0.3 is 24.9 Å². The topological polar surface area (TPSA) is 122 Å². The van der Waals surface area contributed by atoms with E-state index in [-0.39, 0.29) is 6.73 Å². The van der Waals surface area contributed by atoms with Crippen LogP contribution < -0.4 is 5.73 Å². The van der Waals surface area contributed by atoms with Gasteiger partial charge in [-0.2, -0.15) is 0 Å². The maximum absolute atomic E-state index is 10.9. The third-order valence-electron chi connectivity index (χ3n) is 4.05. The third kappa shape index (κ3) is 5.03. The third-order valence-corrected chi connectivity index (χ3v) is 4.50. The van der Waals surface area contributed by atoms with Gasteiger partial charge in [0.05, 0.1) is 5.69 Å². The minimum absolute atomic E-state index is 0.351. The van der Waals surface area contributed by atoms with Gasteiger partial charge in [0, 0.05) is 24.3 Å². The molecule has 1 atom stereocenters. The van der Waals surface area contributed by atoms with Crippen LogP contribution in [0, 0.1) is 0 Å². The van der Waals surface area contributed by atoms with Gasteiger partial charge in [0.15, 0.2) is 5.76 Å². The smallest absolute Gasteiger partial charge is 0.356 e. The molecule has 2 aromatic rings. The van der Waals surface area contributed by atoms with Crippen LogP contribution in [0.3, 0.4) is 0 Å². The molecule has 8 nitrogen and oxygen atoms in total. The van der Waals surface area contributed by atoms with Gasteiger partial charge in [0.1, 0.15) is 12.9 Å². The number of rotatable bonds is 7. The van der Waals surface area contributed by atoms with Gasteiger partial charge in [0.25, 0.3) is 0 Å². The molecule has 0 radical (unpaired) electrons. The summed E-state index contributed by atoms with van der Waals surface area (Å²) in [4.78, 5) is 19.1. The average molecular weight is 389 g/mol. The Kier molecular flexibility index (Phi) is 5.74. The SMILES string of the molecule is C=Cc1ccc(Cc2cc(C3=CC=CN(COP(=O)(O)O)C3N)on2)cc1. The van der Waals surface area contributed by atoms with Crippen molar-refractivity contribution in [2.24, 2.45) is 5.73 Å². The molecule has 1 aliphatic rings. The van der Waals surface area contributed by atoms with Crippen molar-refractivity contribution in [3.8, 4) is 0 Å². The summed E-state index contributed by atoms with van der Waals surface area (Å²) in [5, 5.41) is 4.08. The van der Waals surface area contributed by atoms with E-state index in [1.807, 2.05) is 24.3 Å². The van der Waals surface area contributed by atoms with E-state index >= 15 is 0 Å². The van der Waals surface area contributed by atoms with Crippen molar-refractivity contribution >= 4 is 19.5 Å². The molecule has 1 unspecified atom stereocenters. The monoisotopic (exact) mass is 389 g/mol. The maximum atomic E-state index is 10.9. The first-order chi connectivity index (χ1) is 12.9. The van der Waals surface area contributed by atoms with Crippen LogP contribution in [-0.2, 0) is 15.5 Å². The zero-order valence-corrected chi connectivity index (χ0v) is 15.3. The van der Waals surface area contributed by atoms with Crippen LogP contribution in [-0.4, -0.2) is 32.7 Å². The molecule has 4 N–H and O–H groups in total. The van der Waals surface area contributed by atoms with Gasteiger partial charge in [-0.1, -0.05) is 48.2 Å². The van der Waals surface area contributed by atoms with E-state index in [0.29, 0.717) is 17.8 Å². The lowest BCUT2D eigenvalue weighted by Gasteiger charge is -2.30. The number of benzene rings is 1. The zero-order valence-electron chi connectivity index (χ0n) is 14.4. The second kappa shape index (κ2) is 8.04. The molecule has 2 heterocycles. The summed E-state index contributed by atoms with van der Waals surface area (Å²) in [7, 11) is -4.58. The molecule has 1 aliphatic heterocycles. The molecule has 0 aliphatic carbocycles. The summed E-state index contributed by atoms with van der Waals surface area (Å²) in [5.74, 6) is 0.491. The second-order valence-corrected chi connectivity index (χ2v) is 7.22. The van der Waals surface area contributed by atoms with Crippen LogP contribution in [0.1, 0.15) is 22.6 Å². The first kappa shape index (κ1) is 19.3. The molecule has 0 saturated heterocycles. The van der Waals surface area contributed by atoms with Gasteiger partial charge in [0.2, 0.25) is 0 Å². The fourth-order valence-corrected chi connectivity index (χ4v) is 2.92. The number of nitrogens with zero attached hydrogens (tertiary/aromatic N) is 2. The average Bonchev–Trinajstić information content (AvgIpc) is 3.09. The predicted molar refractivity (Wildman–Crippen MR) is 101 cm³/mol. The fourth-order valence-electron chi connectivity index (χ4n) is 2.63. The Labute approximate surface area is 156 Å². The molecule has 142 valence electrons. The van der Waals surface area contributed by atoms with E-state index < -0.39 is 14.0 Å². The Morgan fingerprint density at radius 2 is 2.11 bits per heavy atom. The summed E-state index contributed by atoms with van der Waals surface area (Å²) in [6.07, 6.45) is 6.74. The quantitative estimate of drug-likeness (QED) is 0.618. The fraction of sp³-hybridized carbons (Fsp3) is 0.167. The van der Waals surface area contributed by atoms with Crippen LogP contribution in [0.2, 0.25) is 0 Å². The van der Waals surface area contributed by atoms with Crippen molar-refractivity contribution in [1.82, 2.24) is 10.1 Å². The Morgan fingerprint density at radius 3 is 2.78 bits per heavy atom. The summed E-state index contributed by atoms with van der Waals surface area (Å²) >= 11 is 0. The van der Waals surface area contributed by atoms with Gasteiger partial charge in [-0.25, -0.2) is 4.57 Å². The highest BCUT2D eigenvalue weighted by molar-refractivity contribution is 7.46. The van der Waals surface area contributed by atoms with Gasteiger partial charge in [-0.15, -0.1) is 0 Å². The second-order valence-electron chi connectivity index (χ2n) is 5.98. The molecular formula is C18H20N3O5P. The minimum atomic E-state index is -4.58. The maximum Gasteiger partial charge on any atom is 0.471 e. The van der Waals surface area contributed by atoms with Crippen molar-refractivity contribution in [2.45, 2.75) is 12.6 Å². The zero-order chi connectivity index (χ0) is 19.4. The number of hydrogen-bond donors (Lipinski definition) is 3. The highest BCUT2D eigenvalue weighted by Gasteiger charge is 2.25. The lowest BCUT2D eigenvalue weighted by molar-refractivity contribution is 0.110. The van der Waals surface area contributed by atoms with Crippen molar-refractivity contribution < 1.29 is 23.4 Å². The van der Waals surface area contributed by atoms with Crippen molar-refractivity contribution in [3.05, 3.63) is 77.8 Å². The molecule has 0 saturated carbocycles. The molecule has 9 heteroatoms. The van der Waals surface area contributed by atoms with Crippen molar-refractivity contribution in [1.29, 1.82) is 0 Å². The predicted octanol–water partition coefficient (Wildman–Crippen LogP) is 2.47. The van der Waals surface area contributed by atoms with E-state index in [2.05, 4.69) is 16.3 Å². The van der Waals surface area contributed by atoms with E-state index in [0.717, 1.165) is 16.8 Å². The number of phosphoric acid groups is 1. The van der Waals surface area contributed by atoms with Gasteiger partial charge in [-0.3, -0.25) is 4.52 Å². The summed E-state index contributed by atoms with van der Waals surface area (Å²) in [5.41, 5.74) is 9.66. The minimum Gasteiger partial charge on any atom is -0.356 e. The number of nitrogens with two attached hydrogens (primary N) is 1. The Morgan fingerprint density at radius 1 is 1.37 bits per heavy atom. The van der Waals surface area contributed by atoms with Gasteiger partial charge in [-0.05, 0) is 17.2 Å². The van der Waals surface area contributed by atoms with Crippen molar-refractivity contribution in [2.75, 3.05) is 6.73 Å². The first-order valence-corrected chi connectivity index (χ1v) is 9.66. The number of aromatic nitrogens is 1. The largest absolute Gasteiger partial charge is 0.471 e. The van der Waals surface area contributed by atoms with Gasteiger partial charge >= 0.3 is 7.82 Å². The molecule has 0 spiro atoms. The van der Waals surface area contributed by atoms with E-state index in [4.69, 9.17) is 20.0 Å². The number of phosphoric ester groups is 1. The van der Waals surface area contributed by atoms with Crippen LogP contribution in [0.25, 0.3) is 11.6 Å². The van der Waals surface area contributed by atoms with Crippen LogP contribution >= 0.6 is 7.82 Å². The van der Waals surface area contributed by atoms with E-state index in [9.17, 15) is 4.57 Å². The standard InChI is InChI=1S/C18H20N3O5P/c1-2-13-5-7-14(8-6-13)10-15-11-17(26-20-15)16-4-3-9-21(18(16)19)12-25-27(22,23)24/h2-9,11,18H,1,10,12,19H2,(H2,22,23,24). The molecular weight excluding hydrogens is 369 g/mol. The Balaban J connectivity index is 1.69. The van der Waals surface area contributed by atoms with Crippen molar-refractivity contribution in [3.63, 3.8) is 0 Å². The number of hydrogen-bond acceptors (Lipinski definition) is 6. The summed E-state index contributed by atoms with van der Waals surface area (Å²) < 4.78 is 20.8. The van der Waals surface area contributed by atoms with Crippen LogP contribution in [0.15, 0.2) is 59.8 Å². The highest BCUT2D eigenvalue weighted by atomic mass is 31.2. The van der Waals surface area contributed by atoms with Crippen LogP contribution in [0.5, 0.6) is 0 Å². The molecule has 0 bridgehead atoms. The molecule has 0 fully saturated rings. The summed E-state index contributed by atoms with van der Waals surface area (Å²) in [6.45, 7) is 3.38. The van der Waals surface area contributed by atoms with E-state index in [1.54, 1.807) is 30.5 Å². The highest BCUT2D eigenvalue weighted by Crippen LogP contribution is 2.36. The lowest BCUT2D eigenvalue weighted by Crippen LogP contribution is -2.41. The Hall–Kier alpha value is -2.48. The molecule has 3 rings (SSSR count). The number of allylic oxidation sites excluding steroid dienone is 2. The normalized spacial score (nSPS) is 17.1. The first-order valence-electron chi connectivity index (χ1n) is 8.13. The van der Waals surface area contributed by atoms with E-state index in [1.165, 1.54) is 4.90 Å². The molecule has 1 aromatic heterocycles. The lowest BCUT2D eigenvalue weighted by atomic mass is 10.0. The molecule has 0 amide bonds. The Bertz CT molecular complexity index is 913. The summed E-state index contributed by atoms with van der Waals surface area (Å²) in [6, 6.07) is 9.76. The van der Waals surface area contributed by atoms with Crippen LogP contribution in [0.4, 0.5) is 0 Å². The molecule has 1 aromatic carbocycles. The molecule has 27 heavy (non-hydrogen) atoms.